The molecule has 1 amide bonds. The van der Waals surface area contributed by atoms with Crippen molar-refractivity contribution in [1.82, 2.24) is 4.98 Å². The average Bonchev–Trinajstić information content (AvgIpc) is 2.67. The second-order valence-electron chi connectivity index (χ2n) is 6.07. The second-order valence-corrected chi connectivity index (χ2v) is 6.07. The van der Waals surface area contributed by atoms with Gasteiger partial charge < -0.3 is 14.8 Å². The van der Waals surface area contributed by atoms with Crippen LogP contribution in [0.1, 0.15) is 23.0 Å². The quantitative estimate of drug-likeness (QED) is 0.698. The number of carbonyl (C=O) groups excluding carboxylic acids is 2. The Kier molecular flexibility index (Phi) is 5.35. The van der Waals surface area contributed by atoms with E-state index in [1.807, 2.05) is 18.2 Å². The highest BCUT2D eigenvalue weighted by Gasteiger charge is 2.21. The molecule has 1 unspecified atom stereocenters. The van der Waals surface area contributed by atoms with Gasteiger partial charge in [0.2, 0.25) is 0 Å². The number of benzene rings is 2. The highest BCUT2D eigenvalue weighted by atomic mass is 16.5. The molecule has 0 aliphatic rings. The van der Waals surface area contributed by atoms with Crippen LogP contribution < -0.4 is 10.1 Å². The number of aryl methyl sites for hydroxylation is 1. The van der Waals surface area contributed by atoms with E-state index in [2.05, 4.69) is 10.3 Å². The van der Waals surface area contributed by atoms with Crippen LogP contribution in [0.15, 0.2) is 54.6 Å². The number of esters is 1. The summed E-state index contributed by atoms with van der Waals surface area (Å²) in [7, 11) is 1.52. The number of fused-ring (bicyclic) bond motifs is 1. The smallest absolute Gasteiger partial charge is 0.339 e. The molecule has 0 bridgehead atoms. The summed E-state index contributed by atoms with van der Waals surface area (Å²) in [5.41, 5.74) is 2.30. The summed E-state index contributed by atoms with van der Waals surface area (Å²) in [5.74, 6) is -0.484. The van der Waals surface area contributed by atoms with Crippen molar-refractivity contribution in [2.75, 3.05) is 12.4 Å². The molecule has 6 nitrogen and oxygen atoms in total. The first-order valence-electron chi connectivity index (χ1n) is 8.51. The first kappa shape index (κ1) is 18.4. The van der Waals surface area contributed by atoms with Crippen LogP contribution in [0.4, 0.5) is 5.69 Å². The van der Waals surface area contributed by atoms with Crippen molar-refractivity contribution in [3.63, 3.8) is 0 Å². The molecule has 0 saturated carbocycles. The van der Waals surface area contributed by atoms with E-state index >= 15 is 0 Å². The summed E-state index contributed by atoms with van der Waals surface area (Å²) in [6.45, 7) is 3.33. The molecule has 138 valence electrons. The Hall–Kier alpha value is -3.41. The number of rotatable bonds is 5. The van der Waals surface area contributed by atoms with E-state index < -0.39 is 18.0 Å². The third-order valence-corrected chi connectivity index (χ3v) is 4.08. The standard InChI is InChI=1S/C21H20N2O4/c1-13-12-16(15-8-4-5-9-17(15)22-13)21(25)27-14(2)20(24)23-18-10-6-7-11-19(18)26-3/h4-12,14H,1-3H3,(H,23,24). The molecular formula is C21H20N2O4. The number of ether oxygens (including phenoxy) is 2. The predicted molar refractivity (Wildman–Crippen MR) is 103 cm³/mol. The summed E-state index contributed by atoms with van der Waals surface area (Å²) in [4.78, 5) is 29.5. The van der Waals surface area contributed by atoms with Crippen LogP contribution in [-0.2, 0) is 9.53 Å². The molecule has 0 spiro atoms. The molecule has 1 N–H and O–H groups in total. The fourth-order valence-electron chi connectivity index (χ4n) is 2.74. The van der Waals surface area contributed by atoms with Crippen molar-refractivity contribution in [2.24, 2.45) is 0 Å². The minimum Gasteiger partial charge on any atom is -0.495 e. The number of amides is 1. The Morgan fingerprint density at radius 2 is 1.78 bits per heavy atom. The van der Waals surface area contributed by atoms with Crippen LogP contribution in [-0.4, -0.2) is 30.1 Å². The van der Waals surface area contributed by atoms with Crippen LogP contribution in [0, 0.1) is 6.92 Å². The lowest BCUT2D eigenvalue weighted by molar-refractivity contribution is -0.123. The average molecular weight is 364 g/mol. The lowest BCUT2D eigenvalue weighted by atomic mass is 10.1. The Morgan fingerprint density at radius 1 is 1.07 bits per heavy atom. The van der Waals surface area contributed by atoms with Gasteiger partial charge in [-0.1, -0.05) is 30.3 Å². The Balaban J connectivity index is 1.77. The molecule has 0 aliphatic carbocycles. The summed E-state index contributed by atoms with van der Waals surface area (Å²) < 4.78 is 10.6. The molecule has 0 radical (unpaired) electrons. The fourth-order valence-corrected chi connectivity index (χ4v) is 2.74. The highest BCUT2D eigenvalue weighted by molar-refractivity contribution is 6.05. The summed E-state index contributed by atoms with van der Waals surface area (Å²) in [6, 6.07) is 16.0. The summed E-state index contributed by atoms with van der Waals surface area (Å²) in [5, 5.41) is 3.40. The zero-order valence-corrected chi connectivity index (χ0v) is 15.4. The van der Waals surface area contributed by atoms with E-state index in [4.69, 9.17) is 9.47 Å². The number of hydrogen-bond acceptors (Lipinski definition) is 5. The topological polar surface area (TPSA) is 77.5 Å². The van der Waals surface area contributed by atoms with Gasteiger partial charge in [0, 0.05) is 11.1 Å². The molecule has 27 heavy (non-hydrogen) atoms. The number of pyridine rings is 1. The van der Waals surface area contributed by atoms with Gasteiger partial charge in [-0.3, -0.25) is 9.78 Å². The lowest BCUT2D eigenvalue weighted by Gasteiger charge is -2.16. The van der Waals surface area contributed by atoms with Gasteiger partial charge in [-0.2, -0.15) is 0 Å². The van der Waals surface area contributed by atoms with Crippen molar-refractivity contribution < 1.29 is 19.1 Å². The second kappa shape index (κ2) is 7.86. The fraction of sp³-hybridized carbons (Fsp3) is 0.190. The monoisotopic (exact) mass is 364 g/mol. The summed E-state index contributed by atoms with van der Waals surface area (Å²) >= 11 is 0. The first-order chi connectivity index (χ1) is 13.0. The predicted octanol–water partition coefficient (Wildman–Crippen LogP) is 3.74. The Morgan fingerprint density at radius 3 is 2.56 bits per heavy atom. The lowest BCUT2D eigenvalue weighted by Crippen LogP contribution is -2.30. The molecule has 1 heterocycles. The molecule has 6 heteroatoms. The molecule has 3 rings (SSSR count). The van der Waals surface area contributed by atoms with Gasteiger partial charge in [-0.25, -0.2) is 4.79 Å². The van der Waals surface area contributed by atoms with E-state index in [9.17, 15) is 9.59 Å². The van der Waals surface area contributed by atoms with Gasteiger partial charge in [0.1, 0.15) is 5.75 Å². The maximum absolute atomic E-state index is 12.6. The number of anilines is 1. The van der Waals surface area contributed by atoms with Gasteiger partial charge >= 0.3 is 5.97 Å². The number of nitrogens with one attached hydrogen (secondary N) is 1. The van der Waals surface area contributed by atoms with Crippen LogP contribution >= 0.6 is 0 Å². The number of para-hydroxylation sites is 3. The Bertz CT molecular complexity index is 1000. The van der Waals surface area contributed by atoms with E-state index in [1.54, 1.807) is 43.3 Å². The van der Waals surface area contributed by atoms with Gasteiger partial charge in [-0.15, -0.1) is 0 Å². The van der Waals surface area contributed by atoms with Crippen LogP contribution in [0.25, 0.3) is 10.9 Å². The number of carbonyl (C=O) groups is 2. The maximum atomic E-state index is 12.6. The number of hydrogen-bond donors (Lipinski definition) is 1. The number of methoxy groups -OCH3 is 1. The molecule has 0 aliphatic heterocycles. The number of aromatic nitrogens is 1. The normalized spacial score (nSPS) is 11.7. The minimum absolute atomic E-state index is 0.384. The molecular weight excluding hydrogens is 344 g/mol. The molecule has 3 aromatic rings. The highest BCUT2D eigenvalue weighted by Crippen LogP contribution is 2.24. The van der Waals surface area contributed by atoms with Gasteiger partial charge in [0.05, 0.1) is 23.9 Å². The maximum Gasteiger partial charge on any atom is 0.339 e. The molecule has 1 atom stereocenters. The zero-order valence-electron chi connectivity index (χ0n) is 15.4. The van der Waals surface area contributed by atoms with Crippen molar-refractivity contribution in [3.8, 4) is 5.75 Å². The molecule has 0 saturated heterocycles. The van der Waals surface area contributed by atoms with E-state index in [0.717, 1.165) is 0 Å². The summed E-state index contributed by atoms with van der Waals surface area (Å²) in [6.07, 6.45) is -0.977. The first-order valence-corrected chi connectivity index (χ1v) is 8.51. The van der Waals surface area contributed by atoms with Crippen LogP contribution in [0.2, 0.25) is 0 Å². The molecule has 1 aromatic heterocycles. The SMILES string of the molecule is COc1ccccc1NC(=O)C(C)OC(=O)c1cc(C)nc2ccccc12. The van der Waals surface area contributed by atoms with Crippen molar-refractivity contribution in [1.29, 1.82) is 0 Å². The van der Waals surface area contributed by atoms with Crippen LogP contribution in [0.3, 0.4) is 0 Å². The van der Waals surface area contributed by atoms with Crippen molar-refractivity contribution in [2.45, 2.75) is 20.0 Å². The van der Waals surface area contributed by atoms with Crippen molar-refractivity contribution in [3.05, 3.63) is 65.9 Å². The van der Waals surface area contributed by atoms with Crippen LogP contribution in [0.5, 0.6) is 5.75 Å². The van der Waals surface area contributed by atoms with E-state index in [0.29, 0.717) is 33.6 Å². The van der Waals surface area contributed by atoms with Gasteiger partial charge in [0.15, 0.2) is 6.10 Å². The zero-order chi connectivity index (χ0) is 19.4. The van der Waals surface area contributed by atoms with Gasteiger partial charge in [0.25, 0.3) is 5.91 Å². The number of nitrogens with zero attached hydrogens (tertiary/aromatic N) is 1. The minimum atomic E-state index is -0.977. The molecule has 0 fully saturated rings. The van der Waals surface area contributed by atoms with E-state index in [-0.39, 0.29) is 0 Å². The van der Waals surface area contributed by atoms with Crippen molar-refractivity contribution >= 4 is 28.5 Å². The van der Waals surface area contributed by atoms with Gasteiger partial charge in [-0.05, 0) is 38.1 Å². The third kappa shape index (κ3) is 4.06. The Labute approximate surface area is 157 Å². The largest absolute Gasteiger partial charge is 0.495 e. The third-order valence-electron chi connectivity index (χ3n) is 4.08. The molecule has 2 aromatic carbocycles. The van der Waals surface area contributed by atoms with E-state index in [1.165, 1.54) is 14.0 Å².